The van der Waals surface area contributed by atoms with E-state index in [1.807, 2.05) is 56.3 Å². The van der Waals surface area contributed by atoms with Crippen LogP contribution in [0.4, 0.5) is 0 Å². The Labute approximate surface area is 196 Å². The van der Waals surface area contributed by atoms with Gasteiger partial charge in [-0.2, -0.15) is 0 Å². The molecule has 1 aliphatic heterocycles. The molecule has 2 aromatic carbocycles. The number of likely N-dealkylation sites (tertiary alicyclic amines) is 1. The van der Waals surface area contributed by atoms with Gasteiger partial charge in [-0.3, -0.25) is 0 Å². The number of rotatable bonds is 11. The molecule has 3 N–H and O–H groups in total. The molecule has 3 rings (SSSR count). The number of aliphatic hydroxyl groups excluding tert-OH is 2. The maximum Gasteiger partial charge on any atom is 0.119 e. The minimum absolute atomic E-state index is 0.256. The molecule has 0 spiro atoms. The first-order valence-corrected chi connectivity index (χ1v) is 11.7. The molecule has 0 amide bonds. The Hall–Kier alpha value is -1.83. The number of aliphatic hydroxyl groups is 2. The second-order valence-corrected chi connectivity index (χ2v) is 9.04. The zero-order chi connectivity index (χ0) is 22.9. The van der Waals surface area contributed by atoms with Crippen molar-refractivity contribution in [2.24, 2.45) is 0 Å². The second-order valence-electron chi connectivity index (χ2n) is 8.64. The van der Waals surface area contributed by atoms with Crippen LogP contribution in [0.1, 0.15) is 24.0 Å². The molecule has 2 aromatic rings. The Balaban J connectivity index is 1.28. The van der Waals surface area contributed by atoms with Gasteiger partial charge in [0.2, 0.25) is 0 Å². The van der Waals surface area contributed by atoms with Crippen LogP contribution in [-0.4, -0.2) is 72.8 Å². The Bertz CT molecular complexity index is 825. The number of hydrogen-bond donors (Lipinski definition) is 3. The van der Waals surface area contributed by atoms with E-state index in [0.717, 1.165) is 43.0 Å². The lowest BCUT2D eigenvalue weighted by atomic mass is 10.0. The molecule has 6 nitrogen and oxygen atoms in total. The van der Waals surface area contributed by atoms with Crippen LogP contribution in [0.5, 0.6) is 11.5 Å². The highest BCUT2D eigenvalue weighted by Crippen LogP contribution is 2.21. The summed E-state index contributed by atoms with van der Waals surface area (Å²) in [6.45, 7) is 7.40. The maximum absolute atomic E-state index is 10.3. The average molecular weight is 463 g/mol. The zero-order valence-corrected chi connectivity index (χ0v) is 19.7. The number of nitrogens with zero attached hydrogens (tertiary/aromatic N) is 1. The van der Waals surface area contributed by atoms with Gasteiger partial charge in [0.25, 0.3) is 0 Å². The number of piperidine rings is 1. The van der Waals surface area contributed by atoms with E-state index in [0.29, 0.717) is 24.2 Å². The van der Waals surface area contributed by atoms with Crippen molar-refractivity contribution in [3.63, 3.8) is 0 Å². The van der Waals surface area contributed by atoms with Gasteiger partial charge in [-0.25, -0.2) is 0 Å². The predicted octanol–water partition coefficient (Wildman–Crippen LogP) is 3.19. The Morgan fingerprint density at radius 1 is 0.969 bits per heavy atom. The van der Waals surface area contributed by atoms with Gasteiger partial charge in [0.1, 0.15) is 36.9 Å². The van der Waals surface area contributed by atoms with Gasteiger partial charge >= 0.3 is 0 Å². The second kappa shape index (κ2) is 12.4. The minimum atomic E-state index is -0.551. The first-order chi connectivity index (χ1) is 15.4. The maximum atomic E-state index is 10.3. The highest BCUT2D eigenvalue weighted by molar-refractivity contribution is 6.31. The summed E-state index contributed by atoms with van der Waals surface area (Å²) in [4.78, 5) is 2.26. The minimum Gasteiger partial charge on any atom is -0.491 e. The first-order valence-electron chi connectivity index (χ1n) is 11.3. The molecule has 1 heterocycles. The molecule has 1 saturated heterocycles. The predicted molar refractivity (Wildman–Crippen MR) is 128 cm³/mol. The standard InChI is InChI=1S/C25H35ClN2O4/c1-18-3-5-23(6-4-18)31-16-21(29)14-27-20-9-11-28(12-10-20)15-22(30)17-32-24-7-8-25(26)19(2)13-24/h3-8,13,20-22,27,29-30H,9-12,14-17H2,1-2H3/t21-,22+/m1/s1. The number of halogens is 1. The van der Waals surface area contributed by atoms with E-state index in [-0.39, 0.29) is 13.2 Å². The van der Waals surface area contributed by atoms with E-state index in [4.69, 9.17) is 21.1 Å². The lowest BCUT2D eigenvalue weighted by Gasteiger charge is -2.33. The Morgan fingerprint density at radius 3 is 2.28 bits per heavy atom. The van der Waals surface area contributed by atoms with Gasteiger partial charge in [0.05, 0.1) is 0 Å². The molecule has 0 unspecified atom stereocenters. The lowest BCUT2D eigenvalue weighted by molar-refractivity contribution is 0.0556. The third-order valence-electron chi connectivity index (χ3n) is 5.73. The van der Waals surface area contributed by atoms with Crippen molar-refractivity contribution in [3.05, 3.63) is 58.6 Å². The zero-order valence-electron chi connectivity index (χ0n) is 19.0. The topological polar surface area (TPSA) is 74.2 Å². The molecule has 1 fully saturated rings. The summed E-state index contributed by atoms with van der Waals surface area (Å²) in [5.41, 5.74) is 2.14. The molecule has 0 radical (unpaired) electrons. The van der Waals surface area contributed by atoms with Crippen molar-refractivity contribution >= 4 is 11.6 Å². The number of benzene rings is 2. The third kappa shape index (κ3) is 8.26. The molecule has 0 aromatic heterocycles. The molecular formula is C25H35ClN2O4. The van der Waals surface area contributed by atoms with E-state index in [9.17, 15) is 10.2 Å². The van der Waals surface area contributed by atoms with E-state index in [2.05, 4.69) is 10.2 Å². The molecule has 1 aliphatic rings. The van der Waals surface area contributed by atoms with Crippen LogP contribution in [0.15, 0.2) is 42.5 Å². The monoisotopic (exact) mass is 462 g/mol. The van der Waals surface area contributed by atoms with Crippen molar-refractivity contribution < 1.29 is 19.7 Å². The largest absolute Gasteiger partial charge is 0.491 e. The van der Waals surface area contributed by atoms with Crippen LogP contribution >= 0.6 is 11.6 Å². The van der Waals surface area contributed by atoms with Crippen molar-refractivity contribution in [3.8, 4) is 11.5 Å². The van der Waals surface area contributed by atoms with Crippen LogP contribution in [0, 0.1) is 13.8 Å². The molecule has 0 saturated carbocycles. The van der Waals surface area contributed by atoms with Crippen molar-refractivity contribution in [1.29, 1.82) is 0 Å². The number of hydrogen-bond acceptors (Lipinski definition) is 6. The highest BCUT2D eigenvalue weighted by atomic mass is 35.5. The average Bonchev–Trinajstić information content (AvgIpc) is 2.79. The van der Waals surface area contributed by atoms with Crippen molar-refractivity contribution in [2.45, 2.75) is 44.9 Å². The van der Waals surface area contributed by atoms with Gasteiger partial charge < -0.3 is 29.9 Å². The normalized spacial score (nSPS) is 17.2. The first kappa shape index (κ1) is 24.8. The molecular weight excluding hydrogens is 428 g/mol. The molecule has 7 heteroatoms. The van der Waals surface area contributed by atoms with E-state index in [1.54, 1.807) is 0 Å². The summed E-state index contributed by atoms with van der Waals surface area (Å²) >= 11 is 6.03. The Morgan fingerprint density at radius 2 is 1.59 bits per heavy atom. The fourth-order valence-electron chi connectivity index (χ4n) is 3.76. The molecule has 2 atom stereocenters. The molecule has 0 bridgehead atoms. The number of ether oxygens (including phenoxy) is 2. The van der Waals surface area contributed by atoms with Gasteiger partial charge in [0.15, 0.2) is 0 Å². The lowest BCUT2D eigenvalue weighted by Crippen LogP contribution is -2.47. The van der Waals surface area contributed by atoms with Gasteiger partial charge in [-0.1, -0.05) is 29.3 Å². The van der Waals surface area contributed by atoms with E-state index >= 15 is 0 Å². The summed E-state index contributed by atoms with van der Waals surface area (Å²) in [6.07, 6.45) is 0.867. The fourth-order valence-corrected chi connectivity index (χ4v) is 3.88. The molecule has 32 heavy (non-hydrogen) atoms. The van der Waals surface area contributed by atoms with Crippen molar-refractivity contribution in [1.82, 2.24) is 10.2 Å². The fraction of sp³-hybridized carbons (Fsp3) is 0.520. The summed E-state index contributed by atoms with van der Waals surface area (Å²) in [5.74, 6) is 1.50. The van der Waals surface area contributed by atoms with Crippen LogP contribution in [0.3, 0.4) is 0 Å². The van der Waals surface area contributed by atoms with Crippen molar-refractivity contribution in [2.75, 3.05) is 39.4 Å². The van der Waals surface area contributed by atoms with Crippen LogP contribution < -0.4 is 14.8 Å². The smallest absolute Gasteiger partial charge is 0.119 e. The number of nitrogens with one attached hydrogen (secondary N) is 1. The highest BCUT2D eigenvalue weighted by Gasteiger charge is 2.21. The summed E-state index contributed by atoms with van der Waals surface area (Å²) in [6, 6.07) is 13.7. The van der Waals surface area contributed by atoms with Crippen LogP contribution in [-0.2, 0) is 0 Å². The number of aryl methyl sites for hydroxylation is 2. The van der Waals surface area contributed by atoms with E-state index < -0.39 is 12.2 Å². The summed E-state index contributed by atoms with van der Waals surface area (Å²) in [7, 11) is 0. The van der Waals surface area contributed by atoms with Gasteiger partial charge in [-0.15, -0.1) is 0 Å². The van der Waals surface area contributed by atoms with Crippen LogP contribution in [0.2, 0.25) is 5.02 Å². The SMILES string of the molecule is Cc1ccc(OC[C@H](O)CNC2CCN(C[C@H](O)COc3ccc(Cl)c(C)c3)CC2)cc1. The number of β-amino-alcohol motifs (C(OH)–C–C–N with tert-alkyl or cyclic N) is 1. The molecule has 176 valence electrons. The quantitative estimate of drug-likeness (QED) is 0.476. The Kier molecular flexibility index (Phi) is 9.63. The van der Waals surface area contributed by atoms with Gasteiger partial charge in [0, 0.05) is 24.2 Å². The van der Waals surface area contributed by atoms with Crippen LogP contribution in [0.25, 0.3) is 0 Å². The third-order valence-corrected chi connectivity index (χ3v) is 6.16. The molecule has 0 aliphatic carbocycles. The van der Waals surface area contributed by atoms with Gasteiger partial charge in [-0.05, 0) is 75.7 Å². The summed E-state index contributed by atoms with van der Waals surface area (Å²) < 4.78 is 11.4. The summed E-state index contributed by atoms with van der Waals surface area (Å²) in [5, 5.41) is 24.7. The van der Waals surface area contributed by atoms with E-state index in [1.165, 1.54) is 5.56 Å².